The Kier molecular flexibility index (Phi) is 7.10. The van der Waals surface area contributed by atoms with Crippen LogP contribution in [-0.2, 0) is 6.42 Å². The number of hydrogen-bond acceptors (Lipinski definition) is 0. The summed E-state index contributed by atoms with van der Waals surface area (Å²) in [5.74, 6) is 0. The molecule has 0 N–H and O–H groups in total. The minimum absolute atomic E-state index is 1.25. The number of halogens is 1. The lowest BCUT2D eigenvalue weighted by molar-refractivity contribution is 0.607. The Morgan fingerprint density at radius 3 is 2.31 bits per heavy atom. The van der Waals surface area contributed by atoms with Crippen molar-refractivity contribution < 1.29 is 0 Å². The quantitative estimate of drug-likeness (QED) is 0.457. The second-order valence-electron chi connectivity index (χ2n) is 4.65. The SMILES string of the molecule is CCCCCCCCc1cc(C)cc(I)c1. The summed E-state index contributed by atoms with van der Waals surface area (Å²) in [4.78, 5) is 0. The molecule has 0 heterocycles. The number of hydrogen-bond donors (Lipinski definition) is 0. The Bertz CT molecular complexity index is 284. The molecule has 0 spiro atoms. The fraction of sp³-hybridized carbons (Fsp3) is 0.600. The normalized spacial score (nSPS) is 10.7. The maximum Gasteiger partial charge on any atom is 0.0135 e. The maximum absolute atomic E-state index is 2.41. The van der Waals surface area contributed by atoms with E-state index in [1.54, 1.807) is 0 Å². The van der Waals surface area contributed by atoms with E-state index in [0.29, 0.717) is 0 Å². The third kappa shape index (κ3) is 5.88. The first-order chi connectivity index (χ1) is 7.72. The molecule has 0 aliphatic heterocycles. The van der Waals surface area contributed by atoms with Gasteiger partial charge in [-0.2, -0.15) is 0 Å². The average Bonchev–Trinajstić information content (AvgIpc) is 2.22. The third-order valence-corrected chi connectivity index (χ3v) is 3.54. The van der Waals surface area contributed by atoms with Gasteiger partial charge in [0.2, 0.25) is 0 Å². The van der Waals surface area contributed by atoms with Gasteiger partial charge < -0.3 is 0 Å². The number of aryl methyl sites for hydroxylation is 2. The average molecular weight is 330 g/mol. The molecule has 0 nitrogen and oxygen atoms in total. The van der Waals surface area contributed by atoms with Crippen molar-refractivity contribution in [3.05, 3.63) is 32.9 Å². The fourth-order valence-corrected chi connectivity index (χ4v) is 2.96. The van der Waals surface area contributed by atoms with Gasteiger partial charge in [-0.25, -0.2) is 0 Å². The van der Waals surface area contributed by atoms with Crippen molar-refractivity contribution in [2.45, 2.75) is 58.8 Å². The van der Waals surface area contributed by atoms with E-state index in [2.05, 4.69) is 54.6 Å². The van der Waals surface area contributed by atoms with Gasteiger partial charge in [0, 0.05) is 3.57 Å². The summed E-state index contributed by atoms with van der Waals surface area (Å²) >= 11 is 2.41. The number of unbranched alkanes of at least 4 members (excludes halogenated alkanes) is 5. The first kappa shape index (κ1) is 14.0. The second-order valence-corrected chi connectivity index (χ2v) is 5.90. The van der Waals surface area contributed by atoms with E-state index in [0.717, 1.165) is 0 Å². The molecule has 0 aliphatic rings. The third-order valence-electron chi connectivity index (χ3n) is 2.92. The largest absolute Gasteiger partial charge is 0.0654 e. The first-order valence-electron chi connectivity index (χ1n) is 6.48. The molecular weight excluding hydrogens is 307 g/mol. The molecule has 16 heavy (non-hydrogen) atoms. The standard InChI is InChI=1S/C15H23I/c1-3-4-5-6-7-8-9-14-10-13(2)11-15(16)12-14/h10-12H,3-9H2,1-2H3. The van der Waals surface area contributed by atoms with Crippen LogP contribution in [-0.4, -0.2) is 0 Å². The van der Waals surface area contributed by atoms with Gasteiger partial charge in [0.1, 0.15) is 0 Å². The van der Waals surface area contributed by atoms with E-state index in [-0.39, 0.29) is 0 Å². The summed E-state index contributed by atoms with van der Waals surface area (Å²) in [6.07, 6.45) is 9.58. The Morgan fingerprint density at radius 1 is 0.938 bits per heavy atom. The molecule has 0 bridgehead atoms. The summed E-state index contributed by atoms with van der Waals surface area (Å²) in [5, 5.41) is 0. The van der Waals surface area contributed by atoms with Crippen LogP contribution in [0.5, 0.6) is 0 Å². The summed E-state index contributed by atoms with van der Waals surface area (Å²) in [6.45, 7) is 4.46. The predicted octanol–water partition coefficient (Wildman–Crippen LogP) is 5.50. The lowest BCUT2D eigenvalue weighted by Crippen LogP contribution is -1.89. The zero-order chi connectivity index (χ0) is 11.8. The van der Waals surface area contributed by atoms with Crippen molar-refractivity contribution in [2.24, 2.45) is 0 Å². The lowest BCUT2D eigenvalue weighted by atomic mass is 10.0. The molecule has 1 rings (SSSR count). The monoisotopic (exact) mass is 330 g/mol. The van der Waals surface area contributed by atoms with Crippen LogP contribution in [0.3, 0.4) is 0 Å². The van der Waals surface area contributed by atoms with Gasteiger partial charge >= 0.3 is 0 Å². The highest BCUT2D eigenvalue weighted by molar-refractivity contribution is 14.1. The van der Waals surface area contributed by atoms with E-state index < -0.39 is 0 Å². The van der Waals surface area contributed by atoms with Crippen molar-refractivity contribution >= 4 is 22.6 Å². The Morgan fingerprint density at radius 2 is 1.62 bits per heavy atom. The van der Waals surface area contributed by atoms with E-state index in [9.17, 15) is 0 Å². The van der Waals surface area contributed by atoms with Crippen molar-refractivity contribution in [2.75, 3.05) is 0 Å². The molecule has 0 unspecified atom stereocenters. The van der Waals surface area contributed by atoms with Crippen molar-refractivity contribution in [3.8, 4) is 0 Å². The van der Waals surface area contributed by atoms with Crippen molar-refractivity contribution in [1.29, 1.82) is 0 Å². The zero-order valence-electron chi connectivity index (χ0n) is 10.6. The Hall–Kier alpha value is -0.0500. The summed E-state index contributed by atoms with van der Waals surface area (Å²) in [7, 11) is 0. The second kappa shape index (κ2) is 8.10. The van der Waals surface area contributed by atoms with Gasteiger partial charge in [-0.3, -0.25) is 0 Å². The predicted molar refractivity (Wildman–Crippen MR) is 81.0 cm³/mol. The molecule has 1 aromatic rings. The highest BCUT2D eigenvalue weighted by atomic mass is 127. The van der Waals surface area contributed by atoms with Crippen LogP contribution in [0.2, 0.25) is 0 Å². The molecule has 0 atom stereocenters. The van der Waals surface area contributed by atoms with Crippen molar-refractivity contribution in [3.63, 3.8) is 0 Å². The van der Waals surface area contributed by atoms with Gasteiger partial charge in [-0.05, 0) is 65.6 Å². The van der Waals surface area contributed by atoms with Gasteiger partial charge in [-0.1, -0.05) is 45.1 Å². The Labute approximate surface area is 114 Å². The van der Waals surface area contributed by atoms with Crippen LogP contribution in [0, 0.1) is 10.5 Å². The van der Waals surface area contributed by atoms with Crippen LogP contribution < -0.4 is 0 Å². The number of benzene rings is 1. The van der Waals surface area contributed by atoms with Gasteiger partial charge in [0.15, 0.2) is 0 Å². The molecule has 90 valence electrons. The van der Waals surface area contributed by atoms with Crippen LogP contribution in [0.15, 0.2) is 18.2 Å². The fourth-order valence-electron chi connectivity index (χ4n) is 2.07. The number of rotatable bonds is 7. The van der Waals surface area contributed by atoms with E-state index in [4.69, 9.17) is 0 Å². The van der Waals surface area contributed by atoms with E-state index >= 15 is 0 Å². The highest BCUT2D eigenvalue weighted by Gasteiger charge is 1.97. The summed E-state index contributed by atoms with van der Waals surface area (Å²) in [5.41, 5.74) is 2.91. The van der Waals surface area contributed by atoms with Crippen LogP contribution in [0.1, 0.15) is 56.6 Å². The molecule has 0 saturated carbocycles. The molecule has 0 fully saturated rings. The van der Waals surface area contributed by atoms with Crippen LogP contribution in [0.4, 0.5) is 0 Å². The molecule has 0 radical (unpaired) electrons. The molecule has 0 saturated heterocycles. The highest BCUT2D eigenvalue weighted by Crippen LogP contribution is 2.15. The van der Waals surface area contributed by atoms with Gasteiger partial charge in [0.25, 0.3) is 0 Å². The van der Waals surface area contributed by atoms with E-state index in [1.807, 2.05) is 0 Å². The molecule has 1 aromatic carbocycles. The minimum Gasteiger partial charge on any atom is -0.0654 e. The van der Waals surface area contributed by atoms with Gasteiger partial charge in [-0.15, -0.1) is 0 Å². The maximum atomic E-state index is 2.41. The molecular formula is C15H23I. The topological polar surface area (TPSA) is 0 Å². The lowest BCUT2D eigenvalue weighted by Gasteiger charge is -2.04. The molecule has 0 amide bonds. The molecule has 0 aromatic heterocycles. The van der Waals surface area contributed by atoms with Crippen LogP contribution in [0.25, 0.3) is 0 Å². The van der Waals surface area contributed by atoms with Gasteiger partial charge in [0.05, 0.1) is 0 Å². The summed E-state index contributed by atoms with van der Waals surface area (Å²) < 4.78 is 1.37. The Balaban J connectivity index is 2.21. The molecule has 0 aliphatic carbocycles. The van der Waals surface area contributed by atoms with Crippen molar-refractivity contribution in [1.82, 2.24) is 0 Å². The van der Waals surface area contributed by atoms with E-state index in [1.165, 1.54) is 59.6 Å². The summed E-state index contributed by atoms with van der Waals surface area (Å²) in [6, 6.07) is 6.89. The molecule has 1 heteroatoms. The smallest absolute Gasteiger partial charge is 0.0135 e. The van der Waals surface area contributed by atoms with Crippen LogP contribution >= 0.6 is 22.6 Å². The zero-order valence-corrected chi connectivity index (χ0v) is 12.7. The first-order valence-corrected chi connectivity index (χ1v) is 7.56. The minimum atomic E-state index is 1.25.